The maximum Gasteiger partial charge on any atom is 0.460 e. The van der Waals surface area contributed by atoms with E-state index >= 15 is 0 Å². The van der Waals surface area contributed by atoms with Crippen LogP contribution in [-0.4, -0.2) is 31.7 Å². The van der Waals surface area contributed by atoms with Crippen LogP contribution in [0.1, 0.15) is 0 Å². The van der Waals surface area contributed by atoms with Gasteiger partial charge in [-0.15, -0.1) is 0 Å². The lowest BCUT2D eigenvalue weighted by Crippen LogP contribution is -2.63. The number of alkyl halides is 9. The summed E-state index contributed by atoms with van der Waals surface area (Å²) in [7, 11) is -7.10. The molecular formula is C13H5F9O5S. The zero-order valence-electron chi connectivity index (χ0n) is 12.7. The van der Waals surface area contributed by atoms with E-state index in [1.807, 2.05) is 0 Å². The Morgan fingerprint density at radius 1 is 0.821 bits per heavy atom. The molecular weight excluding hydrogens is 439 g/mol. The predicted octanol–water partition coefficient (Wildman–Crippen LogP) is 3.93. The molecule has 156 valence electrons. The van der Waals surface area contributed by atoms with E-state index < -0.39 is 55.7 Å². The van der Waals surface area contributed by atoms with Crippen LogP contribution in [0.25, 0.3) is 11.0 Å². The van der Waals surface area contributed by atoms with Gasteiger partial charge in [-0.25, -0.2) is 4.79 Å². The molecule has 0 aliphatic heterocycles. The van der Waals surface area contributed by atoms with E-state index in [2.05, 4.69) is 8.60 Å². The van der Waals surface area contributed by atoms with Crippen molar-refractivity contribution in [3.8, 4) is 5.75 Å². The maximum atomic E-state index is 13.6. The van der Waals surface area contributed by atoms with Gasteiger partial charge in [-0.3, -0.25) is 0 Å². The Hall–Kier alpha value is -2.45. The van der Waals surface area contributed by atoms with Crippen molar-refractivity contribution in [3.05, 3.63) is 40.8 Å². The van der Waals surface area contributed by atoms with E-state index in [0.717, 1.165) is 18.2 Å². The fourth-order valence-corrected chi connectivity index (χ4v) is 2.76. The normalized spacial score (nSPS) is 14.3. The van der Waals surface area contributed by atoms with Gasteiger partial charge in [-0.1, -0.05) is 6.07 Å². The van der Waals surface area contributed by atoms with Crippen molar-refractivity contribution in [1.29, 1.82) is 0 Å². The third-order valence-corrected chi connectivity index (χ3v) is 4.54. The molecule has 5 nitrogen and oxygen atoms in total. The first-order valence-electron chi connectivity index (χ1n) is 6.63. The number of rotatable bonds is 5. The molecule has 0 N–H and O–H groups in total. The van der Waals surface area contributed by atoms with Gasteiger partial charge in [-0.05, 0) is 18.2 Å². The molecule has 0 unspecified atom stereocenters. The molecule has 2 aromatic rings. The first kappa shape index (κ1) is 21.8. The molecule has 0 atom stereocenters. The highest BCUT2D eigenvalue weighted by Gasteiger charge is 2.86. The molecule has 0 saturated heterocycles. The summed E-state index contributed by atoms with van der Waals surface area (Å²) >= 11 is 0. The average molecular weight is 444 g/mol. The maximum absolute atomic E-state index is 13.6. The fraction of sp³-hybridized carbons (Fsp3) is 0.308. The van der Waals surface area contributed by atoms with E-state index in [-0.39, 0.29) is 0 Å². The van der Waals surface area contributed by atoms with E-state index in [0.29, 0.717) is 12.1 Å². The number of hydrogen-bond donors (Lipinski definition) is 0. The third-order valence-electron chi connectivity index (χ3n) is 3.25. The van der Waals surface area contributed by atoms with E-state index in [9.17, 15) is 52.7 Å². The van der Waals surface area contributed by atoms with Crippen molar-refractivity contribution in [3.63, 3.8) is 0 Å². The fourth-order valence-electron chi connectivity index (χ4n) is 1.83. The summed E-state index contributed by atoms with van der Waals surface area (Å²) in [5, 5.41) is -7.55. The van der Waals surface area contributed by atoms with Crippen LogP contribution in [0.4, 0.5) is 39.5 Å². The van der Waals surface area contributed by atoms with Gasteiger partial charge in [0.1, 0.15) is 5.58 Å². The summed E-state index contributed by atoms with van der Waals surface area (Å²) in [5.41, 5.74) is -1.47. The van der Waals surface area contributed by atoms with Crippen LogP contribution in [0.5, 0.6) is 5.75 Å². The Balaban J connectivity index is 2.56. The summed E-state index contributed by atoms with van der Waals surface area (Å²) in [6.45, 7) is 0. The molecule has 0 radical (unpaired) electrons. The second kappa shape index (κ2) is 6.28. The van der Waals surface area contributed by atoms with Gasteiger partial charge in [0.25, 0.3) is 0 Å². The average Bonchev–Trinajstić information content (AvgIpc) is 2.52. The summed E-state index contributed by atoms with van der Waals surface area (Å²) in [4.78, 5) is 11.0. The molecule has 0 aliphatic carbocycles. The van der Waals surface area contributed by atoms with Gasteiger partial charge in [0.05, 0.1) is 5.39 Å². The lowest BCUT2D eigenvalue weighted by molar-refractivity contribution is -0.382. The SMILES string of the molecule is O=c1ccc2c(OS(=O)(=O)C(F)(F)C(F)(F)C(F)(F)C(F)(F)F)cccc2o1. The summed E-state index contributed by atoms with van der Waals surface area (Å²) in [6.07, 6.45) is -7.20. The monoisotopic (exact) mass is 444 g/mol. The molecule has 0 amide bonds. The van der Waals surface area contributed by atoms with Crippen molar-refractivity contribution in [2.24, 2.45) is 0 Å². The second-order valence-electron chi connectivity index (χ2n) is 5.12. The van der Waals surface area contributed by atoms with Gasteiger partial charge < -0.3 is 8.60 Å². The molecule has 15 heteroatoms. The van der Waals surface area contributed by atoms with E-state index in [1.54, 1.807) is 0 Å². The Kier molecular flexibility index (Phi) is 4.90. The topological polar surface area (TPSA) is 73.6 Å². The van der Waals surface area contributed by atoms with Crippen molar-refractivity contribution in [1.82, 2.24) is 0 Å². The molecule has 1 heterocycles. The highest BCUT2D eigenvalue weighted by molar-refractivity contribution is 7.88. The highest BCUT2D eigenvalue weighted by Crippen LogP contribution is 2.55. The minimum atomic E-state index is -7.42. The zero-order valence-corrected chi connectivity index (χ0v) is 13.6. The van der Waals surface area contributed by atoms with Crippen molar-refractivity contribution in [2.45, 2.75) is 23.3 Å². The van der Waals surface area contributed by atoms with E-state index in [4.69, 9.17) is 0 Å². The van der Waals surface area contributed by atoms with Crippen LogP contribution in [0, 0.1) is 0 Å². The molecule has 1 aromatic heterocycles. The number of fused-ring (bicyclic) bond motifs is 1. The molecule has 0 fully saturated rings. The van der Waals surface area contributed by atoms with Crippen LogP contribution in [0.3, 0.4) is 0 Å². The van der Waals surface area contributed by atoms with Crippen LogP contribution in [-0.2, 0) is 10.1 Å². The summed E-state index contributed by atoms with van der Waals surface area (Å²) < 4.78 is 147. The first-order valence-corrected chi connectivity index (χ1v) is 8.03. The Bertz CT molecular complexity index is 1060. The highest BCUT2D eigenvalue weighted by atomic mass is 32.2. The van der Waals surface area contributed by atoms with Crippen molar-refractivity contribution in [2.75, 3.05) is 0 Å². The molecule has 1 aromatic carbocycles. The zero-order chi connectivity index (χ0) is 21.8. The molecule has 0 saturated carbocycles. The Morgan fingerprint density at radius 2 is 1.39 bits per heavy atom. The lowest BCUT2D eigenvalue weighted by atomic mass is 10.1. The first-order chi connectivity index (χ1) is 12.5. The lowest BCUT2D eigenvalue weighted by Gasteiger charge is -2.32. The predicted molar refractivity (Wildman–Crippen MR) is 72.9 cm³/mol. The Labute approximate surface area is 148 Å². The minimum Gasteiger partial charge on any atom is -0.423 e. The summed E-state index contributed by atoms with van der Waals surface area (Å²) in [6, 6.07) is 3.83. The quantitative estimate of drug-likeness (QED) is 0.397. The molecule has 0 aliphatic rings. The van der Waals surface area contributed by atoms with Gasteiger partial charge in [0, 0.05) is 6.07 Å². The minimum absolute atomic E-state index is 0.476. The van der Waals surface area contributed by atoms with Gasteiger partial charge in [0.2, 0.25) is 0 Å². The van der Waals surface area contributed by atoms with Crippen LogP contribution in [0.15, 0.2) is 39.5 Å². The van der Waals surface area contributed by atoms with Crippen LogP contribution in [0.2, 0.25) is 0 Å². The number of halogens is 9. The number of hydrogen-bond acceptors (Lipinski definition) is 5. The third kappa shape index (κ3) is 3.16. The number of benzene rings is 1. The van der Waals surface area contributed by atoms with Crippen molar-refractivity contribution < 1.29 is 56.5 Å². The largest absolute Gasteiger partial charge is 0.460 e. The Morgan fingerprint density at radius 3 is 1.93 bits per heavy atom. The summed E-state index contributed by atoms with van der Waals surface area (Å²) in [5.74, 6) is -16.0. The van der Waals surface area contributed by atoms with Gasteiger partial charge >= 0.3 is 39.0 Å². The second-order valence-corrected chi connectivity index (χ2v) is 6.71. The van der Waals surface area contributed by atoms with Crippen LogP contribution >= 0.6 is 0 Å². The molecule has 0 bridgehead atoms. The van der Waals surface area contributed by atoms with Crippen molar-refractivity contribution >= 4 is 21.1 Å². The van der Waals surface area contributed by atoms with E-state index in [1.165, 1.54) is 0 Å². The molecule has 28 heavy (non-hydrogen) atoms. The molecule has 0 spiro atoms. The standard InChI is InChI=1S/C13H5F9O5S/c14-10(15,12(18,19)20)11(16,17)13(21,22)28(24,25)27-8-3-1-2-7-6(8)4-5-9(23)26-7/h1-5H. The smallest absolute Gasteiger partial charge is 0.423 e. The van der Waals surface area contributed by atoms with Crippen LogP contribution < -0.4 is 9.81 Å². The van der Waals surface area contributed by atoms with Gasteiger partial charge in [-0.2, -0.15) is 47.9 Å². The van der Waals surface area contributed by atoms with Gasteiger partial charge in [0.15, 0.2) is 5.75 Å². The molecule has 2 rings (SSSR count).